The minimum absolute atomic E-state index is 0.0191. The van der Waals surface area contributed by atoms with E-state index in [1.165, 1.54) is 6.07 Å². The maximum absolute atomic E-state index is 14.2. The Kier molecular flexibility index (Phi) is 10.5. The molecule has 4 heterocycles. The highest BCUT2D eigenvalue weighted by Crippen LogP contribution is 2.34. The summed E-state index contributed by atoms with van der Waals surface area (Å²) in [4.78, 5) is 61.3. The minimum Gasteiger partial charge on any atom is -0.399 e. The molecule has 4 N–H and O–H groups in total. The van der Waals surface area contributed by atoms with E-state index in [-0.39, 0.29) is 67.4 Å². The third kappa shape index (κ3) is 7.74. The Balaban J connectivity index is 1.26. The molecule has 2 aliphatic rings. The number of rotatable bonds is 9. The summed E-state index contributed by atoms with van der Waals surface area (Å²) in [6.07, 6.45) is -1.98. The highest BCUT2D eigenvalue weighted by atomic mass is 35.5. The zero-order chi connectivity index (χ0) is 37.2. The van der Waals surface area contributed by atoms with Crippen LogP contribution < -0.4 is 26.8 Å². The number of nitrogens with one attached hydrogen (secondary N) is 2. The van der Waals surface area contributed by atoms with Crippen molar-refractivity contribution < 1.29 is 32.3 Å². The van der Waals surface area contributed by atoms with Crippen LogP contribution in [-0.4, -0.2) is 87.7 Å². The van der Waals surface area contributed by atoms with Crippen molar-refractivity contribution in [3.05, 3.63) is 86.6 Å². The van der Waals surface area contributed by atoms with Crippen molar-refractivity contribution in [2.24, 2.45) is 0 Å². The predicted octanol–water partition coefficient (Wildman–Crippen LogP) is 3.23. The number of aromatic nitrogens is 4. The number of nitrogen functional groups attached to an aromatic ring is 1. The van der Waals surface area contributed by atoms with E-state index in [1.54, 1.807) is 27.7 Å². The van der Waals surface area contributed by atoms with Gasteiger partial charge in [-0.25, -0.2) is 0 Å². The van der Waals surface area contributed by atoms with Gasteiger partial charge in [-0.05, 0) is 54.8 Å². The van der Waals surface area contributed by atoms with Crippen molar-refractivity contribution in [2.75, 3.05) is 61.9 Å². The lowest BCUT2D eigenvalue weighted by Crippen LogP contribution is -2.52. The number of nitrogens with two attached hydrogens (primary N) is 1. The zero-order valence-corrected chi connectivity index (χ0v) is 28.8. The maximum atomic E-state index is 14.2. The standard InChI is InChI=1S/C34H35ClF3N9O5/c1-2-26-29(45-12-10-44(11-13-45)28(49)18-40-31(50)21-4-3-5-23(39)16-21)32(51)47-33(42-30(43-47)20-8-14-52-15-9-20)46(26)19-27(48)41-25-7-6-22(17-24(25)35)34(36,37)38/h3-8,16-17H,2,9-15,18-19,39H2,1H3,(H,40,50)(H,41,48). The molecule has 4 aromatic rings. The number of amides is 3. The molecular weight excluding hydrogens is 707 g/mol. The van der Waals surface area contributed by atoms with E-state index >= 15 is 0 Å². The maximum Gasteiger partial charge on any atom is 0.416 e. The molecule has 52 heavy (non-hydrogen) atoms. The number of carbonyl (C=O) groups excluding carboxylic acids is 3. The summed E-state index contributed by atoms with van der Waals surface area (Å²) in [5, 5.41) is 9.43. The number of carbonyl (C=O) groups is 3. The molecular formula is C34H35ClF3N9O5. The third-order valence-electron chi connectivity index (χ3n) is 8.78. The van der Waals surface area contributed by atoms with Crippen LogP contribution in [0, 0.1) is 0 Å². The van der Waals surface area contributed by atoms with Crippen molar-refractivity contribution in [3.8, 4) is 0 Å². The van der Waals surface area contributed by atoms with Gasteiger partial charge < -0.3 is 35.5 Å². The summed E-state index contributed by atoms with van der Waals surface area (Å²) >= 11 is 6.11. The second-order valence-electron chi connectivity index (χ2n) is 12.2. The number of hydrogen-bond acceptors (Lipinski definition) is 9. The molecule has 274 valence electrons. The first-order valence-electron chi connectivity index (χ1n) is 16.5. The second-order valence-corrected chi connectivity index (χ2v) is 12.6. The molecule has 2 aliphatic heterocycles. The second kappa shape index (κ2) is 15.1. The Morgan fingerprint density at radius 3 is 2.50 bits per heavy atom. The molecule has 2 aromatic carbocycles. The molecule has 0 radical (unpaired) electrons. The normalized spacial score (nSPS) is 15.1. The van der Waals surface area contributed by atoms with Crippen LogP contribution in [0.4, 0.5) is 30.2 Å². The number of fused-ring (bicyclic) bond motifs is 1. The third-order valence-corrected chi connectivity index (χ3v) is 9.09. The van der Waals surface area contributed by atoms with Gasteiger partial charge in [-0.3, -0.25) is 19.2 Å². The lowest BCUT2D eigenvalue weighted by molar-refractivity contribution is -0.137. The van der Waals surface area contributed by atoms with Gasteiger partial charge in [0.2, 0.25) is 17.6 Å². The minimum atomic E-state index is -4.61. The average molecular weight is 742 g/mol. The quantitative estimate of drug-likeness (QED) is 0.218. The summed E-state index contributed by atoms with van der Waals surface area (Å²) in [5.74, 6) is -0.960. The smallest absolute Gasteiger partial charge is 0.399 e. The van der Waals surface area contributed by atoms with Gasteiger partial charge in [-0.1, -0.05) is 30.7 Å². The van der Waals surface area contributed by atoms with E-state index in [0.29, 0.717) is 48.8 Å². The van der Waals surface area contributed by atoms with Crippen molar-refractivity contribution in [2.45, 2.75) is 32.5 Å². The Morgan fingerprint density at radius 2 is 1.85 bits per heavy atom. The van der Waals surface area contributed by atoms with Crippen molar-refractivity contribution in [1.29, 1.82) is 0 Å². The molecule has 0 spiro atoms. The number of benzene rings is 2. The summed E-state index contributed by atoms with van der Waals surface area (Å²) < 4.78 is 47.7. The molecule has 18 heteroatoms. The number of hydrogen-bond donors (Lipinski definition) is 3. The van der Waals surface area contributed by atoms with Crippen molar-refractivity contribution in [3.63, 3.8) is 0 Å². The number of piperazine rings is 1. The molecule has 0 unspecified atom stereocenters. The molecule has 14 nitrogen and oxygen atoms in total. The first kappa shape index (κ1) is 36.4. The van der Waals surface area contributed by atoms with Crippen LogP contribution in [0.1, 0.15) is 40.8 Å². The molecule has 0 aliphatic carbocycles. The molecule has 0 saturated carbocycles. The first-order chi connectivity index (χ1) is 24.8. The van der Waals surface area contributed by atoms with E-state index < -0.39 is 29.1 Å². The summed E-state index contributed by atoms with van der Waals surface area (Å²) in [7, 11) is 0. The number of alkyl halides is 3. The highest BCUT2D eigenvalue weighted by Gasteiger charge is 2.32. The molecule has 0 atom stereocenters. The number of anilines is 3. The Hall–Kier alpha value is -5.42. The lowest BCUT2D eigenvalue weighted by Gasteiger charge is -2.36. The van der Waals surface area contributed by atoms with Crippen molar-refractivity contribution in [1.82, 2.24) is 29.4 Å². The highest BCUT2D eigenvalue weighted by molar-refractivity contribution is 6.33. The Morgan fingerprint density at radius 1 is 1.08 bits per heavy atom. The monoisotopic (exact) mass is 741 g/mol. The van der Waals surface area contributed by atoms with Crippen LogP contribution in [0.2, 0.25) is 5.02 Å². The first-order valence-corrected chi connectivity index (χ1v) is 16.8. The molecule has 2 aromatic heterocycles. The predicted molar refractivity (Wildman–Crippen MR) is 187 cm³/mol. The van der Waals surface area contributed by atoms with Crippen LogP contribution >= 0.6 is 11.6 Å². The fourth-order valence-corrected chi connectivity index (χ4v) is 6.38. The summed E-state index contributed by atoms with van der Waals surface area (Å²) in [6, 6.07) is 9.03. The van der Waals surface area contributed by atoms with Crippen LogP contribution in [-0.2, 0) is 33.5 Å². The van der Waals surface area contributed by atoms with E-state index in [2.05, 4.69) is 20.7 Å². The summed E-state index contributed by atoms with van der Waals surface area (Å²) in [6.45, 7) is 3.03. The van der Waals surface area contributed by atoms with Gasteiger partial charge in [0.1, 0.15) is 12.2 Å². The van der Waals surface area contributed by atoms with Crippen molar-refractivity contribution >= 4 is 57.7 Å². The van der Waals surface area contributed by atoms with Gasteiger partial charge in [0.15, 0.2) is 5.82 Å². The van der Waals surface area contributed by atoms with E-state index in [9.17, 15) is 32.3 Å². The van der Waals surface area contributed by atoms with E-state index in [0.717, 1.165) is 28.3 Å². The zero-order valence-electron chi connectivity index (χ0n) is 28.0. The molecule has 3 amide bonds. The van der Waals surface area contributed by atoms with Crippen LogP contribution in [0.5, 0.6) is 0 Å². The van der Waals surface area contributed by atoms with Gasteiger partial charge in [0.25, 0.3) is 11.5 Å². The van der Waals surface area contributed by atoms with Crippen LogP contribution in [0.3, 0.4) is 0 Å². The lowest BCUT2D eigenvalue weighted by atomic mass is 10.1. The summed E-state index contributed by atoms with van der Waals surface area (Å²) in [5.41, 5.74) is 6.59. The van der Waals surface area contributed by atoms with E-state index in [4.69, 9.17) is 22.1 Å². The largest absolute Gasteiger partial charge is 0.416 e. The fourth-order valence-electron chi connectivity index (χ4n) is 6.15. The molecule has 1 fully saturated rings. The van der Waals surface area contributed by atoms with Gasteiger partial charge in [-0.2, -0.15) is 22.7 Å². The Labute approximate surface area is 300 Å². The number of nitrogens with zero attached hydrogens (tertiary/aromatic N) is 6. The number of ether oxygens (including phenoxy) is 1. The van der Waals surface area contributed by atoms with Gasteiger partial charge in [-0.15, -0.1) is 5.10 Å². The van der Waals surface area contributed by atoms with Gasteiger partial charge in [0, 0.05) is 37.4 Å². The SMILES string of the molecule is CCc1c(N2CCN(C(=O)CNC(=O)c3cccc(N)c3)CC2)c(=O)n2nc(C3=CCOCC3)nc2n1CC(=O)Nc1ccc(C(F)(F)F)cc1Cl. The number of halogens is 4. The molecule has 0 bridgehead atoms. The van der Waals surface area contributed by atoms with E-state index in [1.807, 2.05) is 17.9 Å². The van der Waals surface area contributed by atoms with Gasteiger partial charge in [0.05, 0.1) is 41.7 Å². The van der Waals surface area contributed by atoms with Crippen LogP contribution in [0.15, 0.2) is 53.3 Å². The topological polar surface area (TPSA) is 169 Å². The van der Waals surface area contributed by atoms with Gasteiger partial charge >= 0.3 is 6.18 Å². The average Bonchev–Trinajstić information content (AvgIpc) is 3.58. The van der Waals surface area contributed by atoms with Crippen LogP contribution in [0.25, 0.3) is 11.4 Å². The molecule has 6 rings (SSSR count). The fraction of sp³-hybridized carbons (Fsp3) is 0.353. The molecule has 1 saturated heterocycles. The Bertz CT molecular complexity index is 2120.